The molecule has 5 aromatic rings. The van der Waals surface area contributed by atoms with Crippen LogP contribution < -0.4 is 0 Å². The summed E-state index contributed by atoms with van der Waals surface area (Å²) in [5.74, 6) is -0.0781. The Balaban J connectivity index is 1.61. The number of pyridine rings is 1. The number of benzene rings is 2. The van der Waals surface area contributed by atoms with Crippen molar-refractivity contribution in [1.29, 1.82) is 0 Å². The van der Waals surface area contributed by atoms with Crippen LogP contribution in [0.3, 0.4) is 0 Å². The number of halogens is 2. The van der Waals surface area contributed by atoms with Crippen LogP contribution in [0.4, 0.5) is 0 Å². The molecule has 3 heterocycles. The first-order valence-electron chi connectivity index (χ1n) is 10.2. The van der Waals surface area contributed by atoms with Gasteiger partial charge in [0.1, 0.15) is 0 Å². The van der Waals surface area contributed by atoms with E-state index in [0.29, 0.717) is 33.5 Å². The minimum absolute atomic E-state index is 0.0676. The number of aryl methyl sites for hydroxylation is 1. The van der Waals surface area contributed by atoms with Gasteiger partial charge in [-0.25, -0.2) is 0 Å². The van der Waals surface area contributed by atoms with Gasteiger partial charge in [0, 0.05) is 51.1 Å². The molecule has 6 nitrogen and oxygen atoms in total. The van der Waals surface area contributed by atoms with Crippen LogP contribution in [0.25, 0.3) is 22.3 Å². The molecule has 0 aliphatic carbocycles. The van der Waals surface area contributed by atoms with Gasteiger partial charge < -0.3 is 9.09 Å². The monoisotopic (exact) mass is 476 g/mol. The van der Waals surface area contributed by atoms with Crippen LogP contribution in [0.5, 0.6) is 0 Å². The quantitative estimate of drug-likeness (QED) is 0.278. The maximum absolute atomic E-state index is 13.5. The summed E-state index contributed by atoms with van der Waals surface area (Å²) < 4.78 is 7.41. The van der Waals surface area contributed by atoms with Gasteiger partial charge in [0.2, 0.25) is 5.82 Å². The summed E-state index contributed by atoms with van der Waals surface area (Å²) in [6, 6.07) is 15.0. The van der Waals surface area contributed by atoms with Crippen LogP contribution in [-0.2, 0) is 6.54 Å². The lowest BCUT2D eigenvalue weighted by molar-refractivity contribution is 0.0994. The van der Waals surface area contributed by atoms with Gasteiger partial charge in [-0.1, -0.05) is 46.1 Å². The molecule has 164 valence electrons. The Kier molecular flexibility index (Phi) is 5.48. The molecule has 33 heavy (non-hydrogen) atoms. The van der Waals surface area contributed by atoms with Crippen LogP contribution in [0.1, 0.15) is 33.1 Å². The van der Waals surface area contributed by atoms with Crippen molar-refractivity contribution in [2.75, 3.05) is 0 Å². The smallest absolute Gasteiger partial charge is 0.299 e. The third-order valence-electron chi connectivity index (χ3n) is 5.59. The minimum Gasteiger partial charge on any atom is -0.340 e. The Morgan fingerprint density at radius 3 is 2.70 bits per heavy atom. The fraction of sp³-hybridized carbons (Fsp3) is 0.120. The Bertz CT molecular complexity index is 1510. The van der Waals surface area contributed by atoms with Gasteiger partial charge in [-0.3, -0.25) is 9.78 Å². The minimum atomic E-state index is -0.327. The van der Waals surface area contributed by atoms with Crippen molar-refractivity contribution in [1.82, 2.24) is 19.7 Å². The standard InChI is InChI=1S/C25H18Cl2N4O2/c1-14-5-8-21-19(10-14)22(15(2)31(21)13-17-6-7-18(26)11-20(17)27)23(32)25-29-24(30-33-25)16-4-3-9-28-12-16/h3-12H,13H2,1-2H3. The second-order valence-electron chi connectivity index (χ2n) is 7.80. The number of hydrogen-bond acceptors (Lipinski definition) is 5. The zero-order chi connectivity index (χ0) is 23.1. The molecule has 0 atom stereocenters. The summed E-state index contributed by atoms with van der Waals surface area (Å²) in [4.78, 5) is 21.9. The normalized spacial score (nSPS) is 11.3. The number of rotatable bonds is 5. The maximum atomic E-state index is 13.5. The number of carbonyl (C=O) groups is 1. The summed E-state index contributed by atoms with van der Waals surface area (Å²) in [7, 11) is 0. The van der Waals surface area contributed by atoms with Crippen LogP contribution >= 0.6 is 23.2 Å². The largest absolute Gasteiger partial charge is 0.340 e. The van der Waals surface area contributed by atoms with Gasteiger partial charge >= 0.3 is 0 Å². The zero-order valence-electron chi connectivity index (χ0n) is 17.8. The van der Waals surface area contributed by atoms with Crippen molar-refractivity contribution < 1.29 is 9.32 Å². The SMILES string of the molecule is Cc1ccc2c(c1)c(C(=O)c1nc(-c3cccnc3)no1)c(C)n2Cc1ccc(Cl)cc1Cl. The first-order chi connectivity index (χ1) is 15.9. The highest BCUT2D eigenvalue weighted by molar-refractivity contribution is 6.35. The molecule has 0 saturated heterocycles. The van der Waals surface area contributed by atoms with Crippen molar-refractivity contribution in [3.63, 3.8) is 0 Å². The molecule has 2 aromatic carbocycles. The van der Waals surface area contributed by atoms with Crippen molar-refractivity contribution >= 4 is 39.9 Å². The van der Waals surface area contributed by atoms with Gasteiger partial charge in [-0.15, -0.1) is 0 Å². The number of hydrogen-bond donors (Lipinski definition) is 0. The predicted molar refractivity (Wildman–Crippen MR) is 128 cm³/mol. The fourth-order valence-corrected chi connectivity index (χ4v) is 4.41. The van der Waals surface area contributed by atoms with Crippen LogP contribution in [0.15, 0.2) is 65.4 Å². The van der Waals surface area contributed by atoms with Gasteiger partial charge in [-0.05, 0) is 55.8 Å². The molecule has 0 unspecified atom stereocenters. The van der Waals surface area contributed by atoms with E-state index in [0.717, 1.165) is 27.7 Å². The summed E-state index contributed by atoms with van der Waals surface area (Å²) in [5, 5.41) is 5.94. The van der Waals surface area contributed by atoms with Gasteiger partial charge in [0.05, 0.1) is 5.56 Å². The van der Waals surface area contributed by atoms with Crippen LogP contribution in [0, 0.1) is 13.8 Å². The molecular weight excluding hydrogens is 459 g/mol. The summed E-state index contributed by atoms with van der Waals surface area (Å²) >= 11 is 12.5. The molecule has 0 amide bonds. The molecule has 0 N–H and O–H groups in total. The topological polar surface area (TPSA) is 73.8 Å². The van der Waals surface area contributed by atoms with Gasteiger partial charge in [0.25, 0.3) is 11.7 Å². The summed E-state index contributed by atoms with van der Waals surface area (Å²) in [5.41, 5.74) is 4.84. The van der Waals surface area contributed by atoms with Crippen molar-refractivity contribution in [3.05, 3.63) is 99.2 Å². The van der Waals surface area contributed by atoms with E-state index in [1.54, 1.807) is 30.6 Å². The van der Waals surface area contributed by atoms with Crippen LogP contribution in [0.2, 0.25) is 10.0 Å². The lowest BCUT2D eigenvalue weighted by Crippen LogP contribution is -2.07. The van der Waals surface area contributed by atoms with Crippen molar-refractivity contribution in [3.8, 4) is 11.4 Å². The predicted octanol–water partition coefficient (Wildman–Crippen LogP) is 6.29. The highest BCUT2D eigenvalue weighted by Crippen LogP contribution is 2.31. The average Bonchev–Trinajstić information content (AvgIpc) is 3.39. The van der Waals surface area contributed by atoms with Gasteiger partial charge in [0.15, 0.2) is 0 Å². The van der Waals surface area contributed by atoms with Gasteiger partial charge in [-0.2, -0.15) is 4.98 Å². The highest BCUT2D eigenvalue weighted by Gasteiger charge is 2.26. The van der Waals surface area contributed by atoms with E-state index in [2.05, 4.69) is 19.7 Å². The molecule has 0 fully saturated rings. The number of carbonyl (C=O) groups excluding carboxylic acids is 1. The Hall–Kier alpha value is -3.48. The third kappa shape index (κ3) is 3.92. The van der Waals surface area contributed by atoms with E-state index in [4.69, 9.17) is 27.7 Å². The Morgan fingerprint density at radius 2 is 1.94 bits per heavy atom. The molecule has 0 aliphatic heterocycles. The number of fused-ring (bicyclic) bond motifs is 1. The van der Waals surface area contributed by atoms with Crippen molar-refractivity contribution in [2.24, 2.45) is 0 Å². The second kappa shape index (κ2) is 8.46. The van der Waals surface area contributed by atoms with E-state index in [1.807, 2.05) is 44.2 Å². The zero-order valence-corrected chi connectivity index (χ0v) is 19.4. The third-order valence-corrected chi connectivity index (χ3v) is 6.18. The Morgan fingerprint density at radius 1 is 1.09 bits per heavy atom. The molecule has 0 saturated carbocycles. The number of aromatic nitrogens is 4. The Labute approximate surface area is 199 Å². The molecular formula is C25H18Cl2N4O2. The van der Waals surface area contributed by atoms with E-state index in [-0.39, 0.29) is 11.7 Å². The molecule has 3 aromatic heterocycles. The lowest BCUT2D eigenvalue weighted by Gasteiger charge is -2.11. The van der Waals surface area contributed by atoms with E-state index in [9.17, 15) is 4.79 Å². The summed E-state index contributed by atoms with van der Waals surface area (Å²) in [6.07, 6.45) is 3.28. The molecule has 0 radical (unpaired) electrons. The first kappa shape index (κ1) is 21.4. The fourth-order valence-electron chi connectivity index (χ4n) is 3.94. The maximum Gasteiger partial charge on any atom is 0.299 e. The van der Waals surface area contributed by atoms with E-state index < -0.39 is 0 Å². The van der Waals surface area contributed by atoms with Crippen LogP contribution in [-0.4, -0.2) is 25.5 Å². The van der Waals surface area contributed by atoms with E-state index in [1.165, 1.54) is 0 Å². The summed E-state index contributed by atoms with van der Waals surface area (Å²) in [6.45, 7) is 4.38. The number of ketones is 1. The first-order valence-corrected chi connectivity index (χ1v) is 11.0. The van der Waals surface area contributed by atoms with E-state index >= 15 is 0 Å². The van der Waals surface area contributed by atoms with Crippen molar-refractivity contribution in [2.45, 2.75) is 20.4 Å². The molecule has 0 bridgehead atoms. The highest BCUT2D eigenvalue weighted by atomic mass is 35.5. The number of nitrogens with zero attached hydrogens (tertiary/aromatic N) is 4. The molecule has 5 rings (SSSR count). The molecule has 0 aliphatic rings. The molecule has 8 heteroatoms. The molecule has 0 spiro atoms. The average molecular weight is 477 g/mol. The second-order valence-corrected chi connectivity index (χ2v) is 8.64. The lowest BCUT2D eigenvalue weighted by atomic mass is 10.0.